The quantitative estimate of drug-likeness (QED) is 0.698. The summed E-state index contributed by atoms with van der Waals surface area (Å²) >= 11 is 3.42. The van der Waals surface area contributed by atoms with Crippen LogP contribution >= 0.6 is 15.9 Å². The Labute approximate surface area is 129 Å². The van der Waals surface area contributed by atoms with Crippen molar-refractivity contribution in [1.29, 1.82) is 0 Å². The molecule has 3 rings (SSSR count). The fourth-order valence-electron chi connectivity index (χ4n) is 2.38. The molecule has 0 amide bonds. The summed E-state index contributed by atoms with van der Waals surface area (Å²) in [4.78, 5) is 0. The van der Waals surface area contributed by atoms with E-state index in [0.717, 1.165) is 26.9 Å². The number of benzene rings is 3. The van der Waals surface area contributed by atoms with Crippen LogP contribution in [-0.4, -0.2) is 0 Å². The van der Waals surface area contributed by atoms with Crippen LogP contribution < -0.4 is 5.73 Å². The molecule has 0 aromatic heterocycles. The van der Waals surface area contributed by atoms with Gasteiger partial charge in [0.2, 0.25) is 0 Å². The molecule has 0 aliphatic rings. The van der Waals surface area contributed by atoms with E-state index in [1.165, 1.54) is 12.1 Å². The van der Waals surface area contributed by atoms with Crippen molar-refractivity contribution >= 4 is 26.7 Å². The molecular weight excluding hydrogens is 336 g/mol. The van der Waals surface area contributed by atoms with Gasteiger partial charge in [0.25, 0.3) is 0 Å². The van der Waals surface area contributed by atoms with Crippen molar-refractivity contribution in [1.82, 2.24) is 0 Å². The summed E-state index contributed by atoms with van der Waals surface area (Å²) in [5.41, 5.74) is 7.37. The van der Waals surface area contributed by atoms with Gasteiger partial charge in [-0.2, -0.15) is 0 Å². The second-order valence-electron chi connectivity index (χ2n) is 4.93. The molecule has 0 aliphatic heterocycles. The molecule has 0 aliphatic carbocycles. The number of halogens is 3. The minimum atomic E-state index is -0.620. The first-order valence-corrected chi connectivity index (χ1v) is 7.23. The third-order valence-corrected chi connectivity index (χ3v) is 3.92. The molecule has 0 heterocycles. The van der Waals surface area contributed by atoms with E-state index in [4.69, 9.17) is 5.73 Å². The van der Waals surface area contributed by atoms with Gasteiger partial charge < -0.3 is 5.73 Å². The lowest BCUT2D eigenvalue weighted by molar-refractivity contribution is 0.577. The van der Waals surface area contributed by atoms with Gasteiger partial charge in [0.15, 0.2) is 0 Å². The molecule has 0 fully saturated rings. The molecule has 1 unspecified atom stereocenters. The highest BCUT2D eigenvalue weighted by atomic mass is 79.9. The lowest BCUT2D eigenvalue weighted by Gasteiger charge is -2.14. The summed E-state index contributed by atoms with van der Waals surface area (Å²) in [5, 5.41) is 2.11. The molecule has 3 aromatic rings. The maximum absolute atomic E-state index is 13.3. The standard InChI is InChI=1S/C17H12BrF2N/c18-14-4-3-10-5-12(2-1-11(10)6-14)17(21)13-7-15(19)9-16(20)8-13/h1-9,17H,21H2. The van der Waals surface area contributed by atoms with Crippen molar-refractivity contribution in [2.24, 2.45) is 5.73 Å². The summed E-state index contributed by atoms with van der Waals surface area (Å²) in [6.07, 6.45) is 0. The molecule has 0 radical (unpaired) electrons. The van der Waals surface area contributed by atoms with Gasteiger partial charge in [-0.3, -0.25) is 0 Å². The summed E-state index contributed by atoms with van der Waals surface area (Å²) in [5.74, 6) is -1.24. The zero-order valence-corrected chi connectivity index (χ0v) is 12.6. The first-order chi connectivity index (χ1) is 10.0. The molecule has 0 spiro atoms. The molecule has 4 heteroatoms. The minimum Gasteiger partial charge on any atom is -0.320 e. The molecule has 0 bridgehead atoms. The van der Waals surface area contributed by atoms with Gasteiger partial charge in [0.05, 0.1) is 6.04 Å². The normalized spacial score (nSPS) is 12.6. The Morgan fingerprint density at radius 2 is 1.38 bits per heavy atom. The highest BCUT2D eigenvalue weighted by Gasteiger charge is 2.12. The molecule has 1 atom stereocenters. The number of nitrogens with two attached hydrogens (primary N) is 1. The Bertz CT molecular complexity index is 797. The van der Waals surface area contributed by atoms with Crippen molar-refractivity contribution in [2.75, 3.05) is 0 Å². The van der Waals surface area contributed by atoms with Crippen LogP contribution in [0.1, 0.15) is 17.2 Å². The van der Waals surface area contributed by atoms with E-state index in [2.05, 4.69) is 15.9 Å². The van der Waals surface area contributed by atoms with Gasteiger partial charge in [0.1, 0.15) is 11.6 Å². The third kappa shape index (κ3) is 2.96. The molecule has 1 nitrogen and oxygen atoms in total. The number of hydrogen-bond acceptors (Lipinski definition) is 1. The van der Waals surface area contributed by atoms with Crippen LogP contribution in [0.2, 0.25) is 0 Å². The van der Waals surface area contributed by atoms with Crippen LogP contribution in [0.3, 0.4) is 0 Å². The SMILES string of the molecule is NC(c1cc(F)cc(F)c1)c1ccc2cc(Br)ccc2c1. The highest BCUT2D eigenvalue weighted by molar-refractivity contribution is 9.10. The molecule has 0 saturated carbocycles. The van der Waals surface area contributed by atoms with Gasteiger partial charge in [-0.05, 0) is 52.2 Å². The first-order valence-electron chi connectivity index (χ1n) is 6.44. The van der Waals surface area contributed by atoms with Crippen molar-refractivity contribution in [3.05, 3.63) is 81.8 Å². The van der Waals surface area contributed by atoms with E-state index in [9.17, 15) is 8.78 Å². The Balaban J connectivity index is 2.04. The summed E-state index contributed by atoms with van der Waals surface area (Å²) in [7, 11) is 0. The number of rotatable bonds is 2. The summed E-state index contributed by atoms with van der Waals surface area (Å²) in [6, 6.07) is 14.5. The van der Waals surface area contributed by atoms with E-state index >= 15 is 0 Å². The van der Waals surface area contributed by atoms with Crippen LogP contribution in [0, 0.1) is 11.6 Å². The molecule has 21 heavy (non-hydrogen) atoms. The average molecular weight is 348 g/mol. The molecule has 0 saturated heterocycles. The lowest BCUT2D eigenvalue weighted by atomic mass is 9.97. The van der Waals surface area contributed by atoms with E-state index in [-0.39, 0.29) is 0 Å². The summed E-state index contributed by atoms with van der Waals surface area (Å²) < 4.78 is 27.6. The lowest BCUT2D eigenvalue weighted by Crippen LogP contribution is -2.12. The first kappa shape index (κ1) is 14.2. The Morgan fingerprint density at radius 1 is 0.762 bits per heavy atom. The predicted octanol–water partition coefficient (Wildman–Crippen LogP) is 4.93. The largest absolute Gasteiger partial charge is 0.320 e. The number of hydrogen-bond donors (Lipinski definition) is 1. The van der Waals surface area contributed by atoms with Gasteiger partial charge >= 0.3 is 0 Å². The van der Waals surface area contributed by atoms with E-state index in [1.54, 1.807) is 0 Å². The molecular formula is C17H12BrF2N. The summed E-state index contributed by atoms with van der Waals surface area (Å²) in [6.45, 7) is 0. The van der Waals surface area contributed by atoms with Crippen LogP contribution in [0.15, 0.2) is 59.1 Å². The van der Waals surface area contributed by atoms with Crippen LogP contribution in [0.4, 0.5) is 8.78 Å². The van der Waals surface area contributed by atoms with Gasteiger partial charge in [-0.1, -0.05) is 34.1 Å². The molecule has 2 N–H and O–H groups in total. The second-order valence-corrected chi connectivity index (χ2v) is 5.85. The van der Waals surface area contributed by atoms with Gasteiger partial charge in [-0.15, -0.1) is 0 Å². The van der Waals surface area contributed by atoms with Crippen molar-refractivity contribution in [3.8, 4) is 0 Å². The maximum atomic E-state index is 13.3. The smallest absolute Gasteiger partial charge is 0.126 e. The molecule has 106 valence electrons. The monoisotopic (exact) mass is 347 g/mol. The van der Waals surface area contributed by atoms with E-state index in [0.29, 0.717) is 5.56 Å². The maximum Gasteiger partial charge on any atom is 0.126 e. The van der Waals surface area contributed by atoms with Crippen molar-refractivity contribution < 1.29 is 8.78 Å². The predicted molar refractivity (Wildman–Crippen MR) is 84.0 cm³/mol. The fraction of sp³-hybridized carbons (Fsp3) is 0.0588. The van der Waals surface area contributed by atoms with Gasteiger partial charge in [0, 0.05) is 10.5 Å². The Hall–Kier alpha value is -1.78. The highest BCUT2D eigenvalue weighted by Crippen LogP contribution is 2.26. The molecule has 3 aromatic carbocycles. The fourth-order valence-corrected chi connectivity index (χ4v) is 2.75. The third-order valence-electron chi connectivity index (χ3n) is 3.43. The van der Waals surface area contributed by atoms with Crippen molar-refractivity contribution in [3.63, 3.8) is 0 Å². The average Bonchev–Trinajstić information content (AvgIpc) is 2.45. The van der Waals surface area contributed by atoms with Gasteiger partial charge in [-0.25, -0.2) is 8.78 Å². The van der Waals surface area contributed by atoms with Crippen LogP contribution in [0.5, 0.6) is 0 Å². The van der Waals surface area contributed by atoms with Crippen LogP contribution in [0.25, 0.3) is 10.8 Å². The Kier molecular flexibility index (Phi) is 3.74. The Morgan fingerprint density at radius 3 is 2.10 bits per heavy atom. The van der Waals surface area contributed by atoms with E-state index in [1.807, 2.05) is 36.4 Å². The van der Waals surface area contributed by atoms with E-state index < -0.39 is 17.7 Å². The zero-order valence-electron chi connectivity index (χ0n) is 11.0. The zero-order chi connectivity index (χ0) is 15.0. The van der Waals surface area contributed by atoms with Crippen LogP contribution in [-0.2, 0) is 0 Å². The minimum absolute atomic E-state index is 0.420. The topological polar surface area (TPSA) is 26.0 Å². The van der Waals surface area contributed by atoms with Crippen molar-refractivity contribution in [2.45, 2.75) is 6.04 Å². The second kappa shape index (κ2) is 5.54. The number of fused-ring (bicyclic) bond motifs is 1.